The van der Waals surface area contributed by atoms with E-state index < -0.39 is 0 Å². The highest BCUT2D eigenvalue weighted by atomic mass is 79.9. The summed E-state index contributed by atoms with van der Waals surface area (Å²) in [5.74, 6) is 0. The van der Waals surface area contributed by atoms with Crippen LogP contribution in [0.4, 0.5) is 0 Å². The number of unbranched alkanes of at least 4 members (excludes halogenated alkanes) is 1. The molecule has 0 N–H and O–H groups in total. The van der Waals surface area contributed by atoms with E-state index >= 15 is 0 Å². The zero-order valence-corrected chi connectivity index (χ0v) is 20.0. The number of nitrogens with zero attached hydrogens (tertiary/aromatic N) is 1. The standard InChI is InChI=1S/C29H30BrN/c1-2-3-6-20-7-10-23-24-11-8-21(27-12-9-22(30)19-31-27)18-26(24)29-15-4-13-28(29,14-5-16-29)25(23)17-20/h7-12,17-19H,2-6,13-16H2,1H3. The minimum absolute atomic E-state index is 0.323. The van der Waals surface area contributed by atoms with Crippen LogP contribution in [0.1, 0.15) is 75.0 Å². The molecule has 0 bridgehead atoms. The van der Waals surface area contributed by atoms with Gasteiger partial charge in [0.15, 0.2) is 0 Å². The van der Waals surface area contributed by atoms with Crippen molar-refractivity contribution in [3.63, 3.8) is 0 Å². The van der Waals surface area contributed by atoms with Gasteiger partial charge in [0.05, 0.1) is 5.69 Å². The molecule has 1 nitrogen and oxygen atoms in total. The maximum atomic E-state index is 4.70. The first-order valence-electron chi connectivity index (χ1n) is 12.1. The largest absolute Gasteiger partial charge is 0.255 e. The molecule has 3 aliphatic rings. The molecule has 3 aromatic rings. The van der Waals surface area contributed by atoms with Crippen molar-refractivity contribution in [1.82, 2.24) is 4.98 Å². The fourth-order valence-corrected chi connectivity index (χ4v) is 7.52. The first-order chi connectivity index (χ1) is 15.2. The van der Waals surface area contributed by atoms with Crippen LogP contribution in [-0.4, -0.2) is 4.98 Å². The van der Waals surface area contributed by atoms with Gasteiger partial charge in [0, 0.05) is 27.1 Å². The summed E-state index contributed by atoms with van der Waals surface area (Å²) in [4.78, 5) is 4.70. The number of fused-ring (bicyclic) bond motifs is 3. The van der Waals surface area contributed by atoms with Crippen LogP contribution in [-0.2, 0) is 17.3 Å². The number of halogens is 1. The SMILES string of the molecule is CCCCc1ccc2c(c1)C13CCCC1(CCC3)c1cc(-c3ccc(Br)cn3)ccc1-2. The van der Waals surface area contributed by atoms with Crippen LogP contribution < -0.4 is 0 Å². The number of aromatic nitrogens is 1. The quantitative estimate of drug-likeness (QED) is 0.372. The number of rotatable bonds is 4. The van der Waals surface area contributed by atoms with E-state index in [4.69, 9.17) is 4.98 Å². The lowest BCUT2D eigenvalue weighted by Gasteiger charge is -2.48. The van der Waals surface area contributed by atoms with Gasteiger partial charge in [-0.25, -0.2) is 0 Å². The summed E-state index contributed by atoms with van der Waals surface area (Å²) in [5, 5.41) is 0. The summed E-state index contributed by atoms with van der Waals surface area (Å²) in [6.45, 7) is 2.30. The summed E-state index contributed by atoms with van der Waals surface area (Å²) in [6.07, 6.45) is 13.8. The van der Waals surface area contributed by atoms with E-state index in [1.54, 1.807) is 16.7 Å². The summed E-state index contributed by atoms with van der Waals surface area (Å²) in [5.41, 5.74) is 10.8. The first kappa shape index (κ1) is 19.7. The molecular formula is C29H30BrN. The molecule has 3 aliphatic carbocycles. The molecule has 0 aliphatic heterocycles. The monoisotopic (exact) mass is 471 g/mol. The van der Waals surface area contributed by atoms with E-state index in [2.05, 4.69) is 71.4 Å². The Hall–Kier alpha value is -1.93. The third-order valence-electron chi connectivity index (χ3n) is 8.60. The number of hydrogen-bond donors (Lipinski definition) is 0. The zero-order chi connectivity index (χ0) is 21.1. The molecule has 1 heterocycles. The molecule has 6 rings (SSSR count). The maximum Gasteiger partial charge on any atom is 0.0702 e. The van der Waals surface area contributed by atoms with Gasteiger partial charge in [0.2, 0.25) is 0 Å². The van der Waals surface area contributed by atoms with Crippen molar-refractivity contribution in [2.24, 2.45) is 0 Å². The van der Waals surface area contributed by atoms with Crippen molar-refractivity contribution >= 4 is 15.9 Å². The predicted octanol–water partition coefficient (Wildman–Crippen LogP) is 8.38. The lowest BCUT2D eigenvalue weighted by molar-refractivity contribution is 0.299. The van der Waals surface area contributed by atoms with Crippen molar-refractivity contribution in [1.29, 1.82) is 0 Å². The summed E-state index contributed by atoms with van der Waals surface area (Å²) >= 11 is 3.53. The molecule has 2 fully saturated rings. The highest BCUT2D eigenvalue weighted by molar-refractivity contribution is 9.10. The van der Waals surface area contributed by atoms with E-state index in [-0.39, 0.29) is 0 Å². The van der Waals surface area contributed by atoms with Gasteiger partial charge in [0.25, 0.3) is 0 Å². The van der Waals surface area contributed by atoms with Crippen LogP contribution in [0, 0.1) is 0 Å². The highest BCUT2D eigenvalue weighted by Crippen LogP contribution is 2.69. The van der Waals surface area contributed by atoms with Crippen molar-refractivity contribution in [3.05, 3.63) is 75.9 Å². The van der Waals surface area contributed by atoms with Crippen molar-refractivity contribution in [2.75, 3.05) is 0 Å². The van der Waals surface area contributed by atoms with Crippen LogP contribution in [0.3, 0.4) is 0 Å². The lowest BCUT2D eigenvalue weighted by Crippen LogP contribution is -2.43. The zero-order valence-electron chi connectivity index (χ0n) is 18.4. The lowest BCUT2D eigenvalue weighted by atomic mass is 9.55. The van der Waals surface area contributed by atoms with Gasteiger partial charge in [-0.3, -0.25) is 4.98 Å². The van der Waals surface area contributed by atoms with E-state index in [0.717, 1.165) is 10.2 Å². The molecule has 0 saturated heterocycles. The van der Waals surface area contributed by atoms with Gasteiger partial charge in [0.1, 0.15) is 0 Å². The Labute approximate surface area is 194 Å². The Kier molecular flexibility index (Phi) is 4.65. The minimum atomic E-state index is 0.323. The summed E-state index contributed by atoms with van der Waals surface area (Å²) < 4.78 is 1.03. The van der Waals surface area contributed by atoms with Crippen LogP contribution in [0.5, 0.6) is 0 Å². The minimum Gasteiger partial charge on any atom is -0.255 e. The second-order valence-corrected chi connectivity index (χ2v) is 10.9. The van der Waals surface area contributed by atoms with E-state index in [9.17, 15) is 0 Å². The molecule has 0 radical (unpaired) electrons. The van der Waals surface area contributed by atoms with Crippen molar-refractivity contribution in [2.45, 2.75) is 75.5 Å². The molecule has 0 atom stereocenters. The third-order valence-corrected chi connectivity index (χ3v) is 9.07. The summed E-state index contributed by atoms with van der Waals surface area (Å²) in [7, 11) is 0. The Bertz CT molecular complexity index is 1130. The second kappa shape index (κ2) is 7.30. The van der Waals surface area contributed by atoms with Gasteiger partial charge in [-0.15, -0.1) is 0 Å². The number of aryl methyl sites for hydroxylation is 1. The van der Waals surface area contributed by atoms with Crippen LogP contribution in [0.15, 0.2) is 59.2 Å². The normalized spacial score (nSPS) is 25.6. The highest BCUT2D eigenvalue weighted by Gasteiger charge is 2.62. The van der Waals surface area contributed by atoms with Crippen LogP contribution in [0.2, 0.25) is 0 Å². The molecule has 158 valence electrons. The van der Waals surface area contributed by atoms with Gasteiger partial charge in [-0.1, -0.05) is 56.5 Å². The second-order valence-electron chi connectivity index (χ2n) is 9.98. The molecular weight excluding hydrogens is 442 g/mol. The van der Waals surface area contributed by atoms with Crippen LogP contribution >= 0.6 is 15.9 Å². The molecule has 2 aromatic carbocycles. The maximum absolute atomic E-state index is 4.70. The third kappa shape index (κ3) is 2.76. The Morgan fingerprint density at radius 2 is 1.52 bits per heavy atom. The smallest absolute Gasteiger partial charge is 0.0702 e. The average molecular weight is 472 g/mol. The molecule has 0 amide bonds. The number of hydrogen-bond acceptors (Lipinski definition) is 1. The van der Waals surface area contributed by atoms with E-state index in [0.29, 0.717) is 10.8 Å². The van der Waals surface area contributed by atoms with E-state index in [1.165, 1.54) is 74.5 Å². The Morgan fingerprint density at radius 3 is 2.16 bits per heavy atom. The molecule has 0 unspecified atom stereocenters. The first-order valence-corrected chi connectivity index (χ1v) is 12.9. The molecule has 0 spiro atoms. The molecule has 2 heteroatoms. The Balaban J connectivity index is 1.56. The molecule has 31 heavy (non-hydrogen) atoms. The van der Waals surface area contributed by atoms with Gasteiger partial charge >= 0.3 is 0 Å². The summed E-state index contributed by atoms with van der Waals surface area (Å²) in [6, 6.07) is 18.9. The average Bonchev–Trinajstić information content (AvgIpc) is 3.36. The Morgan fingerprint density at radius 1 is 0.839 bits per heavy atom. The van der Waals surface area contributed by atoms with E-state index in [1.807, 2.05) is 6.20 Å². The van der Waals surface area contributed by atoms with Crippen molar-refractivity contribution < 1.29 is 0 Å². The van der Waals surface area contributed by atoms with Crippen molar-refractivity contribution in [3.8, 4) is 22.4 Å². The van der Waals surface area contributed by atoms with Gasteiger partial charge < -0.3 is 0 Å². The van der Waals surface area contributed by atoms with Crippen LogP contribution in [0.25, 0.3) is 22.4 Å². The fourth-order valence-electron chi connectivity index (χ4n) is 7.28. The predicted molar refractivity (Wildman–Crippen MR) is 132 cm³/mol. The van der Waals surface area contributed by atoms with Gasteiger partial charge in [-0.05, 0) is 100 Å². The van der Waals surface area contributed by atoms with Gasteiger partial charge in [-0.2, -0.15) is 0 Å². The number of benzene rings is 2. The number of pyridine rings is 1. The molecule has 2 saturated carbocycles. The topological polar surface area (TPSA) is 12.9 Å². The molecule has 1 aromatic heterocycles. The fraction of sp³-hybridized carbons (Fsp3) is 0.414.